The van der Waals surface area contributed by atoms with E-state index in [4.69, 9.17) is 5.11 Å². The minimum absolute atomic E-state index is 0.248. The Morgan fingerprint density at radius 1 is 1.22 bits per heavy atom. The molecule has 0 aliphatic heterocycles. The average molecular weight is 267 g/mol. The highest BCUT2D eigenvalue weighted by Gasteiger charge is 2.13. The van der Waals surface area contributed by atoms with Gasteiger partial charge in [-0.1, -0.05) is 29.3 Å². The molecule has 18 heavy (non-hydrogen) atoms. The number of rotatable bonds is 7. The molecule has 0 spiro atoms. The van der Waals surface area contributed by atoms with E-state index in [1.807, 2.05) is 11.8 Å². The van der Waals surface area contributed by atoms with Gasteiger partial charge in [0.2, 0.25) is 0 Å². The van der Waals surface area contributed by atoms with Crippen LogP contribution in [0.1, 0.15) is 36.1 Å². The number of hydrogen-bond acceptors (Lipinski definition) is 3. The normalized spacial score (nSPS) is 14.5. The van der Waals surface area contributed by atoms with Crippen LogP contribution in [-0.2, 0) is 0 Å². The molecule has 0 heterocycles. The minimum atomic E-state index is 0.248. The third-order valence-corrected chi connectivity index (χ3v) is 3.81. The van der Waals surface area contributed by atoms with Gasteiger partial charge in [0, 0.05) is 24.4 Å². The van der Waals surface area contributed by atoms with E-state index in [1.54, 1.807) is 0 Å². The number of aliphatic hydroxyl groups excluding tert-OH is 1. The van der Waals surface area contributed by atoms with Crippen molar-refractivity contribution in [1.29, 1.82) is 0 Å². The SMILES string of the molecule is CSCC(CCO)NC(C)c1cc(C)cc(C)c1. The molecule has 2 N–H and O–H groups in total. The molecule has 1 aromatic carbocycles. The van der Waals surface area contributed by atoms with Gasteiger partial charge in [0.05, 0.1) is 0 Å². The molecule has 1 aromatic rings. The van der Waals surface area contributed by atoms with Crippen molar-refractivity contribution < 1.29 is 5.11 Å². The molecule has 0 aromatic heterocycles. The first-order chi connectivity index (χ1) is 8.56. The molecule has 2 atom stereocenters. The fraction of sp³-hybridized carbons (Fsp3) is 0.600. The first-order valence-corrected chi connectivity index (χ1v) is 7.90. The Bertz CT molecular complexity index is 341. The van der Waals surface area contributed by atoms with Crippen LogP contribution in [0.4, 0.5) is 0 Å². The highest BCUT2D eigenvalue weighted by atomic mass is 32.2. The van der Waals surface area contributed by atoms with Crippen LogP contribution in [0.25, 0.3) is 0 Å². The van der Waals surface area contributed by atoms with Crippen molar-refractivity contribution in [3.05, 3.63) is 34.9 Å². The van der Waals surface area contributed by atoms with Crippen LogP contribution < -0.4 is 5.32 Å². The summed E-state index contributed by atoms with van der Waals surface area (Å²) in [6, 6.07) is 7.37. The Morgan fingerprint density at radius 3 is 2.33 bits per heavy atom. The van der Waals surface area contributed by atoms with Gasteiger partial charge in [-0.25, -0.2) is 0 Å². The molecule has 0 saturated carbocycles. The predicted octanol–water partition coefficient (Wildman–Crippen LogP) is 3.07. The molecule has 2 nitrogen and oxygen atoms in total. The van der Waals surface area contributed by atoms with E-state index >= 15 is 0 Å². The van der Waals surface area contributed by atoms with Crippen molar-refractivity contribution in [1.82, 2.24) is 5.32 Å². The van der Waals surface area contributed by atoms with Gasteiger partial charge in [0.15, 0.2) is 0 Å². The zero-order valence-electron chi connectivity index (χ0n) is 11.9. The minimum Gasteiger partial charge on any atom is -0.396 e. The van der Waals surface area contributed by atoms with E-state index in [2.05, 4.69) is 50.5 Å². The molecular weight excluding hydrogens is 242 g/mol. The number of aryl methyl sites for hydroxylation is 2. The number of hydrogen-bond donors (Lipinski definition) is 2. The summed E-state index contributed by atoms with van der Waals surface area (Å²) in [6.07, 6.45) is 2.92. The van der Waals surface area contributed by atoms with Gasteiger partial charge in [-0.3, -0.25) is 0 Å². The zero-order chi connectivity index (χ0) is 13.5. The maximum Gasteiger partial charge on any atom is 0.0446 e. The quantitative estimate of drug-likeness (QED) is 0.796. The second kappa shape index (κ2) is 7.82. The van der Waals surface area contributed by atoms with Crippen molar-refractivity contribution in [3.63, 3.8) is 0 Å². The summed E-state index contributed by atoms with van der Waals surface area (Å²) in [6.45, 7) is 6.71. The monoisotopic (exact) mass is 267 g/mol. The molecule has 102 valence electrons. The van der Waals surface area contributed by atoms with Crippen molar-refractivity contribution in [3.8, 4) is 0 Å². The summed E-state index contributed by atoms with van der Waals surface area (Å²) < 4.78 is 0. The van der Waals surface area contributed by atoms with Gasteiger partial charge in [0.1, 0.15) is 0 Å². The largest absolute Gasteiger partial charge is 0.396 e. The summed E-state index contributed by atoms with van der Waals surface area (Å²) >= 11 is 1.82. The molecule has 0 bridgehead atoms. The van der Waals surface area contributed by atoms with Crippen molar-refractivity contribution >= 4 is 11.8 Å². The van der Waals surface area contributed by atoms with Crippen LogP contribution in [-0.4, -0.2) is 29.8 Å². The van der Waals surface area contributed by atoms with Gasteiger partial charge in [0.25, 0.3) is 0 Å². The van der Waals surface area contributed by atoms with E-state index in [0.717, 1.165) is 12.2 Å². The van der Waals surface area contributed by atoms with E-state index in [9.17, 15) is 0 Å². The molecule has 0 aliphatic rings. The zero-order valence-corrected chi connectivity index (χ0v) is 12.7. The summed E-state index contributed by atoms with van der Waals surface area (Å²) in [7, 11) is 0. The summed E-state index contributed by atoms with van der Waals surface area (Å²) in [5, 5.41) is 12.7. The molecule has 0 amide bonds. The first kappa shape index (κ1) is 15.5. The van der Waals surface area contributed by atoms with Crippen molar-refractivity contribution in [2.45, 2.75) is 39.3 Å². The maximum absolute atomic E-state index is 9.09. The molecular formula is C15H25NOS. The summed E-state index contributed by atoms with van der Waals surface area (Å²) in [4.78, 5) is 0. The van der Waals surface area contributed by atoms with Crippen LogP contribution in [0.15, 0.2) is 18.2 Å². The number of nitrogens with one attached hydrogen (secondary N) is 1. The van der Waals surface area contributed by atoms with Crippen LogP contribution in [0.2, 0.25) is 0 Å². The van der Waals surface area contributed by atoms with Crippen molar-refractivity contribution in [2.24, 2.45) is 0 Å². The molecule has 0 fully saturated rings. The smallest absolute Gasteiger partial charge is 0.0446 e. The van der Waals surface area contributed by atoms with Gasteiger partial charge in [-0.2, -0.15) is 11.8 Å². The second-order valence-corrected chi connectivity index (χ2v) is 5.88. The lowest BCUT2D eigenvalue weighted by Gasteiger charge is -2.23. The van der Waals surface area contributed by atoms with E-state index < -0.39 is 0 Å². The number of benzene rings is 1. The number of thioether (sulfide) groups is 1. The summed E-state index contributed by atoms with van der Waals surface area (Å²) in [5.41, 5.74) is 3.95. The third kappa shape index (κ3) is 5.01. The topological polar surface area (TPSA) is 32.3 Å². The Kier molecular flexibility index (Phi) is 6.76. The van der Waals surface area contributed by atoms with Gasteiger partial charge < -0.3 is 10.4 Å². The molecule has 2 unspecified atom stereocenters. The van der Waals surface area contributed by atoms with Gasteiger partial charge in [-0.15, -0.1) is 0 Å². The standard InChI is InChI=1S/C15H25NOS/c1-11-7-12(2)9-14(8-11)13(3)16-15(5-6-17)10-18-4/h7-9,13,15-17H,5-6,10H2,1-4H3. The Labute approximate surface area is 115 Å². The van der Waals surface area contributed by atoms with Crippen LogP contribution in [0, 0.1) is 13.8 Å². The lowest BCUT2D eigenvalue weighted by molar-refractivity contribution is 0.265. The molecule has 1 rings (SSSR count). The predicted molar refractivity (Wildman–Crippen MR) is 81.3 cm³/mol. The van der Waals surface area contributed by atoms with E-state index in [-0.39, 0.29) is 6.61 Å². The number of aliphatic hydroxyl groups is 1. The average Bonchev–Trinajstić information content (AvgIpc) is 2.28. The first-order valence-electron chi connectivity index (χ1n) is 6.51. The second-order valence-electron chi connectivity index (χ2n) is 4.97. The lowest BCUT2D eigenvalue weighted by atomic mass is 10.0. The Morgan fingerprint density at radius 2 is 1.83 bits per heavy atom. The van der Waals surface area contributed by atoms with Crippen LogP contribution >= 0.6 is 11.8 Å². The maximum atomic E-state index is 9.09. The highest BCUT2D eigenvalue weighted by molar-refractivity contribution is 7.98. The van der Waals surface area contributed by atoms with Crippen LogP contribution in [0.3, 0.4) is 0 Å². The van der Waals surface area contributed by atoms with Crippen molar-refractivity contribution in [2.75, 3.05) is 18.6 Å². The van der Waals surface area contributed by atoms with E-state index in [0.29, 0.717) is 12.1 Å². The fourth-order valence-electron chi connectivity index (χ4n) is 2.28. The van der Waals surface area contributed by atoms with E-state index in [1.165, 1.54) is 16.7 Å². The lowest BCUT2D eigenvalue weighted by Crippen LogP contribution is -2.34. The van der Waals surface area contributed by atoms with Crippen LogP contribution in [0.5, 0.6) is 0 Å². The molecule has 0 saturated heterocycles. The molecule has 3 heteroatoms. The van der Waals surface area contributed by atoms with Gasteiger partial charge >= 0.3 is 0 Å². The molecule has 0 aliphatic carbocycles. The third-order valence-electron chi connectivity index (χ3n) is 3.08. The Balaban J connectivity index is 2.69. The Hall–Kier alpha value is -0.510. The highest BCUT2D eigenvalue weighted by Crippen LogP contribution is 2.18. The fourth-order valence-corrected chi connectivity index (χ4v) is 2.95. The summed E-state index contributed by atoms with van der Waals surface area (Å²) in [5.74, 6) is 1.04. The molecule has 0 radical (unpaired) electrons. The van der Waals surface area contributed by atoms with Gasteiger partial charge in [-0.05, 0) is 39.0 Å².